The van der Waals surface area contributed by atoms with E-state index in [1.807, 2.05) is 0 Å². The first-order valence-electron chi connectivity index (χ1n) is 7.15. The summed E-state index contributed by atoms with van der Waals surface area (Å²) in [6, 6.07) is 7.13. The summed E-state index contributed by atoms with van der Waals surface area (Å²) in [5.74, 6) is 0. The van der Waals surface area contributed by atoms with Gasteiger partial charge >= 0.3 is 6.03 Å². The predicted octanol–water partition coefficient (Wildman–Crippen LogP) is 3.50. The molecule has 4 nitrogen and oxygen atoms in total. The van der Waals surface area contributed by atoms with Crippen LogP contribution in [-0.2, 0) is 0 Å². The Morgan fingerprint density at radius 3 is 2.50 bits per heavy atom. The fourth-order valence-electron chi connectivity index (χ4n) is 2.68. The van der Waals surface area contributed by atoms with E-state index in [0.717, 1.165) is 31.4 Å². The van der Waals surface area contributed by atoms with Gasteiger partial charge in [0.15, 0.2) is 0 Å². The minimum absolute atomic E-state index is 0.00939. The van der Waals surface area contributed by atoms with Gasteiger partial charge in [-0.3, -0.25) is 0 Å². The van der Waals surface area contributed by atoms with Crippen molar-refractivity contribution in [1.82, 2.24) is 4.90 Å². The van der Waals surface area contributed by atoms with Gasteiger partial charge in [0, 0.05) is 23.3 Å². The zero-order chi connectivity index (χ0) is 14.4. The number of hydrogen-bond donors (Lipinski definition) is 2. The van der Waals surface area contributed by atoms with Crippen LogP contribution in [0.2, 0.25) is 5.02 Å². The number of hydrogen-bond acceptors (Lipinski definition) is 2. The second-order valence-corrected chi connectivity index (χ2v) is 5.58. The number of aliphatic hydroxyl groups excluding tert-OH is 1. The van der Waals surface area contributed by atoms with Crippen molar-refractivity contribution in [1.29, 1.82) is 0 Å². The molecule has 0 bridgehead atoms. The smallest absolute Gasteiger partial charge is 0.322 e. The number of carbonyl (C=O) groups excluding carboxylic acids is 1. The Balaban J connectivity index is 2.00. The van der Waals surface area contributed by atoms with E-state index in [1.165, 1.54) is 6.42 Å². The average Bonchev–Trinajstić information content (AvgIpc) is 2.48. The van der Waals surface area contributed by atoms with Crippen LogP contribution in [0.25, 0.3) is 0 Å². The molecule has 0 unspecified atom stereocenters. The summed E-state index contributed by atoms with van der Waals surface area (Å²) in [7, 11) is 0. The van der Waals surface area contributed by atoms with Gasteiger partial charge in [-0.2, -0.15) is 0 Å². The number of carbonyl (C=O) groups is 1. The molecule has 0 saturated heterocycles. The predicted molar refractivity (Wildman–Crippen MR) is 81.1 cm³/mol. The zero-order valence-corrected chi connectivity index (χ0v) is 12.3. The Hall–Kier alpha value is -1.26. The lowest BCUT2D eigenvalue weighted by molar-refractivity contribution is 0.144. The van der Waals surface area contributed by atoms with E-state index in [2.05, 4.69) is 5.32 Å². The molecule has 110 valence electrons. The van der Waals surface area contributed by atoms with E-state index in [9.17, 15) is 9.90 Å². The number of anilines is 1. The van der Waals surface area contributed by atoms with Crippen LogP contribution in [0.1, 0.15) is 32.1 Å². The number of nitrogens with zero attached hydrogens (tertiary/aromatic N) is 1. The fourth-order valence-corrected chi connectivity index (χ4v) is 2.80. The van der Waals surface area contributed by atoms with E-state index in [1.54, 1.807) is 29.2 Å². The first-order chi connectivity index (χ1) is 9.70. The van der Waals surface area contributed by atoms with Crippen molar-refractivity contribution in [2.24, 2.45) is 0 Å². The quantitative estimate of drug-likeness (QED) is 0.893. The first kappa shape index (κ1) is 15.1. The van der Waals surface area contributed by atoms with Crippen molar-refractivity contribution in [3.05, 3.63) is 29.3 Å². The minimum atomic E-state index is -0.145. The number of benzene rings is 1. The summed E-state index contributed by atoms with van der Waals surface area (Å²) in [4.78, 5) is 14.1. The molecule has 1 aliphatic carbocycles. The third kappa shape index (κ3) is 4.12. The van der Waals surface area contributed by atoms with Crippen molar-refractivity contribution in [3.63, 3.8) is 0 Å². The second-order valence-electron chi connectivity index (χ2n) is 5.15. The van der Waals surface area contributed by atoms with E-state index in [0.29, 0.717) is 11.6 Å². The molecule has 1 aromatic rings. The van der Waals surface area contributed by atoms with Crippen LogP contribution in [0, 0.1) is 0 Å². The lowest BCUT2D eigenvalue weighted by Gasteiger charge is -2.34. The number of amides is 2. The Bertz CT molecular complexity index is 430. The lowest BCUT2D eigenvalue weighted by atomic mass is 9.94. The van der Waals surface area contributed by atoms with Gasteiger partial charge in [-0.1, -0.05) is 30.9 Å². The fraction of sp³-hybridized carbons (Fsp3) is 0.533. The van der Waals surface area contributed by atoms with E-state index >= 15 is 0 Å². The molecule has 1 saturated carbocycles. The van der Waals surface area contributed by atoms with Crippen molar-refractivity contribution >= 4 is 23.3 Å². The lowest BCUT2D eigenvalue weighted by Crippen LogP contribution is -2.45. The van der Waals surface area contributed by atoms with Crippen LogP contribution in [0.3, 0.4) is 0 Å². The molecule has 0 aromatic heterocycles. The van der Waals surface area contributed by atoms with Gasteiger partial charge < -0.3 is 15.3 Å². The molecule has 2 N–H and O–H groups in total. The van der Waals surface area contributed by atoms with E-state index < -0.39 is 0 Å². The Morgan fingerprint density at radius 1 is 1.25 bits per heavy atom. The van der Waals surface area contributed by atoms with Crippen molar-refractivity contribution < 1.29 is 9.90 Å². The van der Waals surface area contributed by atoms with Gasteiger partial charge in [-0.05, 0) is 37.1 Å². The minimum Gasteiger partial charge on any atom is -0.395 e. The molecule has 20 heavy (non-hydrogen) atoms. The molecule has 2 amide bonds. The van der Waals surface area contributed by atoms with Gasteiger partial charge in [-0.15, -0.1) is 0 Å². The SMILES string of the molecule is O=C(Nc1ccc(Cl)cc1)N(CCO)C1CCCCC1. The maximum absolute atomic E-state index is 12.4. The van der Waals surface area contributed by atoms with Crippen molar-refractivity contribution in [2.75, 3.05) is 18.5 Å². The zero-order valence-electron chi connectivity index (χ0n) is 11.5. The average molecular weight is 297 g/mol. The number of nitrogens with one attached hydrogen (secondary N) is 1. The summed E-state index contributed by atoms with van der Waals surface area (Å²) in [6.07, 6.45) is 5.59. The number of aliphatic hydroxyl groups is 1. The Labute approximate surface area is 124 Å². The summed E-state index contributed by atoms with van der Waals surface area (Å²) in [5, 5.41) is 12.7. The maximum atomic E-state index is 12.4. The van der Waals surface area contributed by atoms with Gasteiger partial charge in [0.05, 0.1) is 6.61 Å². The van der Waals surface area contributed by atoms with Crippen LogP contribution in [0.4, 0.5) is 10.5 Å². The molecule has 1 fully saturated rings. The normalized spacial score (nSPS) is 15.9. The van der Waals surface area contributed by atoms with Crippen molar-refractivity contribution in [3.8, 4) is 0 Å². The Kier molecular flexibility index (Phi) is 5.68. The Morgan fingerprint density at radius 2 is 1.90 bits per heavy atom. The van der Waals surface area contributed by atoms with Crippen LogP contribution in [-0.4, -0.2) is 35.2 Å². The van der Waals surface area contributed by atoms with Crippen LogP contribution >= 0.6 is 11.6 Å². The van der Waals surface area contributed by atoms with Gasteiger partial charge in [0.25, 0.3) is 0 Å². The summed E-state index contributed by atoms with van der Waals surface area (Å²) in [5.41, 5.74) is 0.721. The van der Waals surface area contributed by atoms with Crippen LogP contribution in [0.5, 0.6) is 0 Å². The third-order valence-electron chi connectivity index (χ3n) is 3.71. The second kappa shape index (κ2) is 7.50. The first-order valence-corrected chi connectivity index (χ1v) is 7.52. The van der Waals surface area contributed by atoms with Crippen molar-refractivity contribution in [2.45, 2.75) is 38.1 Å². The van der Waals surface area contributed by atoms with Gasteiger partial charge in [0.1, 0.15) is 0 Å². The monoisotopic (exact) mass is 296 g/mol. The van der Waals surface area contributed by atoms with E-state index in [4.69, 9.17) is 11.6 Å². The molecule has 0 atom stereocenters. The van der Waals surface area contributed by atoms with Crippen LogP contribution in [0.15, 0.2) is 24.3 Å². The molecular weight excluding hydrogens is 276 g/mol. The molecule has 0 aliphatic heterocycles. The highest BCUT2D eigenvalue weighted by Gasteiger charge is 2.24. The van der Waals surface area contributed by atoms with Crippen LogP contribution < -0.4 is 5.32 Å². The standard InChI is InChI=1S/C15H21ClN2O2/c16-12-6-8-13(9-7-12)17-15(20)18(10-11-19)14-4-2-1-3-5-14/h6-9,14,19H,1-5,10-11H2,(H,17,20). The largest absolute Gasteiger partial charge is 0.395 e. The number of urea groups is 1. The highest BCUT2D eigenvalue weighted by atomic mass is 35.5. The molecule has 0 radical (unpaired) electrons. The van der Waals surface area contributed by atoms with Gasteiger partial charge in [0.2, 0.25) is 0 Å². The molecule has 1 aliphatic rings. The molecule has 0 heterocycles. The molecule has 1 aromatic carbocycles. The maximum Gasteiger partial charge on any atom is 0.322 e. The molecular formula is C15H21ClN2O2. The number of halogens is 1. The summed E-state index contributed by atoms with van der Waals surface area (Å²) < 4.78 is 0. The summed E-state index contributed by atoms with van der Waals surface area (Å²) >= 11 is 5.83. The highest BCUT2D eigenvalue weighted by Crippen LogP contribution is 2.23. The number of rotatable bonds is 4. The van der Waals surface area contributed by atoms with E-state index in [-0.39, 0.29) is 18.7 Å². The highest BCUT2D eigenvalue weighted by molar-refractivity contribution is 6.30. The van der Waals surface area contributed by atoms with Gasteiger partial charge in [-0.25, -0.2) is 4.79 Å². The molecule has 2 rings (SSSR count). The molecule has 0 spiro atoms. The third-order valence-corrected chi connectivity index (χ3v) is 3.96. The topological polar surface area (TPSA) is 52.6 Å². The molecule has 5 heteroatoms. The summed E-state index contributed by atoms with van der Waals surface area (Å²) in [6.45, 7) is 0.370.